The molecule has 2 aromatic rings. The van der Waals surface area contributed by atoms with Gasteiger partial charge in [0.15, 0.2) is 4.73 Å². The molecule has 0 atom stereocenters. The summed E-state index contributed by atoms with van der Waals surface area (Å²) < 4.78 is 2.93. The summed E-state index contributed by atoms with van der Waals surface area (Å²) in [6.45, 7) is 4.31. The third kappa shape index (κ3) is 1.37. The molecule has 0 spiro atoms. The van der Waals surface area contributed by atoms with E-state index in [4.69, 9.17) is 0 Å². The molecule has 2 nitrogen and oxygen atoms in total. The lowest BCUT2D eigenvalue weighted by molar-refractivity contribution is 0.838. The number of hydrogen-bond acceptors (Lipinski definition) is 1. The fraction of sp³-hybridized carbons (Fsp3) is 0.300. The number of nitrogens with zero attached hydrogens (tertiary/aromatic N) is 2. The van der Waals surface area contributed by atoms with Crippen LogP contribution < -0.4 is 0 Å². The molecule has 0 aromatic carbocycles. The molecule has 0 amide bonds. The summed E-state index contributed by atoms with van der Waals surface area (Å²) in [5.74, 6) is 0.462. The Kier molecular flexibility index (Phi) is 2.12. The summed E-state index contributed by atoms with van der Waals surface area (Å²) in [6, 6.07) is 6.13. The molecule has 0 radical (unpaired) electrons. The molecule has 0 aliphatic rings. The predicted molar refractivity (Wildman–Crippen MR) is 57.0 cm³/mol. The second-order valence-corrected chi connectivity index (χ2v) is 4.09. The molecule has 0 aliphatic heterocycles. The molecule has 68 valence electrons. The van der Waals surface area contributed by atoms with Crippen LogP contribution in [-0.2, 0) is 0 Å². The smallest absolute Gasteiger partial charge is 0.181 e. The van der Waals surface area contributed by atoms with Gasteiger partial charge in [0.1, 0.15) is 0 Å². The molecule has 0 bridgehead atoms. The molecule has 0 saturated carbocycles. The van der Waals surface area contributed by atoms with Gasteiger partial charge in [0.05, 0.1) is 11.2 Å². The van der Waals surface area contributed by atoms with Gasteiger partial charge in [0.2, 0.25) is 0 Å². The largest absolute Gasteiger partial charge is 0.294 e. The summed E-state index contributed by atoms with van der Waals surface area (Å²) >= 11 is 3.44. The Morgan fingerprint density at radius 2 is 2.15 bits per heavy atom. The van der Waals surface area contributed by atoms with Crippen LogP contribution in [0.25, 0.3) is 5.52 Å². The van der Waals surface area contributed by atoms with Crippen molar-refractivity contribution in [3.05, 3.63) is 34.8 Å². The van der Waals surface area contributed by atoms with Gasteiger partial charge in [-0.1, -0.05) is 19.9 Å². The molecule has 0 fully saturated rings. The predicted octanol–water partition coefficient (Wildman–Crippen LogP) is 3.22. The summed E-state index contributed by atoms with van der Waals surface area (Å²) in [4.78, 5) is 4.47. The van der Waals surface area contributed by atoms with Crippen LogP contribution in [0, 0.1) is 0 Å². The van der Waals surface area contributed by atoms with Crippen LogP contribution in [0.3, 0.4) is 0 Å². The first-order valence-corrected chi connectivity index (χ1v) is 5.12. The fourth-order valence-electron chi connectivity index (χ4n) is 1.45. The lowest BCUT2D eigenvalue weighted by atomic mass is 10.1. The van der Waals surface area contributed by atoms with Gasteiger partial charge in [-0.05, 0) is 34.0 Å². The normalized spacial score (nSPS) is 11.4. The fourth-order valence-corrected chi connectivity index (χ4v) is 1.95. The van der Waals surface area contributed by atoms with Crippen molar-refractivity contribution in [2.24, 2.45) is 0 Å². The maximum absolute atomic E-state index is 4.47. The maximum Gasteiger partial charge on any atom is 0.181 e. The Morgan fingerprint density at radius 3 is 2.85 bits per heavy atom. The van der Waals surface area contributed by atoms with Crippen molar-refractivity contribution < 1.29 is 0 Å². The number of halogens is 1. The van der Waals surface area contributed by atoms with Crippen molar-refractivity contribution in [2.75, 3.05) is 0 Å². The number of imidazole rings is 1. The monoisotopic (exact) mass is 238 g/mol. The van der Waals surface area contributed by atoms with Crippen LogP contribution in [-0.4, -0.2) is 9.38 Å². The Hall–Kier alpha value is -0.830. The molecular formula is C10H11BrN2. The second kappa shape index (κ2) is 3.14. The van der Waals surface area contributed by atoms with E-state index in [0.717, 1.165) is 10.4 Å². The van der Waals surface area contributed by atoms with Gasteiger partial charge in [-0.15, -0.1) is 0 Å². The number of fused-ring (bicyclic) bond motifs is 1. The average molecular weight is 239 g/mol. The minimum absolute atomic E-state index is 0.462. The van der Waals surface area contributed by atoms with E-state index >= 15 is 0 Å². The van der Waals surface area contributed by atoms with E-state index in [9.17, 15) is 0 Å². The van der Waals surface area contributed by atoms with Gasteiger partial charge in [0.25, 0.3) is 0 Å². The summed E-state index contributed by atoms with van der Waals surface area (Å²) in [6.07, 6.45) is 2.01. The summed E-state index contributed by atoms with van der Waals surface area (Å²) in [5, 5.41) is 0. The number of pyridine rings is 1. The lowest BCUT2D eigenvalue weighted by Gasteiger charge is -1.99. The first-order valence-electron chi connectivity index (χ1n) is 4.32. The minimum Gasteiger partial charge on any atom is -0.294 e. The molecule has 0 aliphatic carbocycles. The number of hydrogen-bond donors (Lipinski definition) is 0. The molecule has 2 aromatic heterocycles. The quantitative estimate of drug-likeness (QED) is 0.746. The highest BCUT2D eigenvalue weighted by atomic mass is 79.9. The zero-order valence-corrected chi connectivity index (χ0v) is 9.25. The van der Waals surface area contributed by atoms with Crippen LogP contribution >= 0.6 is 15.9 Å². The van der Waals surface area contributed by atoms with E-state index in [-0.39, 0.29) is 0 Å². The van der Waals surface area contributed by atoms with Gasteiger partial charge in [-0.3, -0.25) is 4.40 Å². The van der Waals surface area contributed by atoms with Gasteiger partial charge < -0.3 is 0 Å². The molecule has 13 heavy (non-hydrogen) atoms. The van der Waals surface area contributed by atoms with Gasteiger partial charge >= 0.3 is 0 Å². The number of aromatic nitrogens is 2. The van der Waals surface area contributed by atoms with Crippen LogP contribution in [0.15, 0.2) is 29.1 Å². The van der Waals surface area contributed by atoms with Gasteiger partial charge in [0, 0.05) is 6.20 Å². The summed E-state index contributed by atoms with van der Waals surface area (Å²) in [5.41, 5.74) is 2.33. The standard InChI is InChI=1S/C10H11BrN2/c1-7(2)9-8-5-3-4-6-13(8)10(11)12-9/h3-7H,1-2H3. The molecule has 0 unspecified atom stereocenters. The third-order valence-electron chi connectivity index (χ3n) is 2.08. The second-order valence-electron chi connectivity index (χ2n) is 3.38. The Bertz CT molecular complexity index is 431. The van der Waals surface area contributed by atoms with E-state index < -0.39 is 0 Å². The minimum atomic E-state index is 0.462. The highest BCUT2D eigenvalue weighted by Crippen LogP contribution is 2.23. The highest BCUT2D eigenvalue weighted by Gasteiger charge is 2.10. The topological polar surface area (TPSA) is 17.3 Å². The van der Waals surface area contributed by atoms with E-state index in [1.54, 1.807) is 0 Å². The van der Waals surface area contributed by atoms with Crippen LogP contribution in [0.5, 0.6) is 0 Å². The van der Waals surface area contributed by atoms with E-state index in [0.29, 0.717) is 5.92 Å². The van der Waals surface area contributed by atoms with E-state index in [1.807, 2.05) is 18.3 Å². The van der Waals surface area contributed by atoms with Crippen molar-refractivity contribution in [1.29, 1.82) is 0 Å². The first-order chi connectivity index (χ1) is 6.20. The molecule has 2 heterocycles. The highest BCUT2D eigenvalue weighted by molar-refractivity contribution is 9.10. The van der Waals surface area contributed by atoms with Gasteiger partial charge in [-0.2, -0.15) is 0 Å². The van der Waals surface area contributed by atoms with Crippen molar-refractivity contribution in [3.63, 3.8) is 0 Å². The lowest BCUT2D eigenvalue weighted by Crippen LogP contribution is -1.88. The van der Waals surface area contributed by atoms with E-state index in [2.05, 4.69) is 45.2 Å². The Morgan fingerprint density at radius 1 is 1.38 bits per heavy atom. The van der Waals surface area contributed by atoms with Crippen molar-refractivity contribution in [2.45, 2.75) is 19.8 Å². The van der Waals surface area contributed by atoms with Crippen LogP contribution in [0.1, 0.15) is 25.5 Å². The molecule has 0 N–H and O–H groups in total. The molecule has 0 saturated heterocycles. The maximum atomic E-state index is 4.47. The summed E-state index contributed by atoms with van der Waals surface area (Å²) in [7, 11) is 0. The zero-order valence-electron chi connectivity index (χ0n) is 7.66. The van der Waals surface area contributed by atoms with Crippen LogP contribution in [0.4, 0.5) is 0 Å². The molecule has 3 heteroatoms. The van der Waals surface area contributed by atoms with Crippen molar-refractivity contribution in [3.8, 4) is 0 Å². The van der Waals surface area contributed by atoms with Crippen molar-refractivity contribution in [1.82, 2.24) is 9.38 Å². The number of rotatable bonds is 1. The van der Waals surface area contributed by atoms with E-state index in [1.165, 1.54) is 5.52 Å². The Labute approximate surface area is 85.7 Å². The zero-order chi connectivity index (χ0) is 9.42. The molecule has 2 rings (SSSR count). The van der Waals surface area contributed by atoms with Gasteiger partial charge in [-0.25, -0.2) is 4.98 Å². The average Bonchev–Trinajstić information content (AvgIpc) is 2.45. The first kappa shape index (κ1) is 8.75. The Balaban J connectivity index is 2.78. The SMILES string of the molecule is CC(C)c1nc(Br)n2ccccc12. The van der Waals surface area contributed by atoms with Crippen LogP contribution in [0.2, 0.25) is 0 Å². The third-order valence-corrected chi connectivity index (χ3v) is 2.64. The van der Waals surface area contributed by atoms with Crippen molar-refractivity contribution >= 4 is 21.4 Å². The molecular weight excluding hydrogens is 228 g/mol.